The van der Waals surface area contributed by atoms with Gasteiger partial charge in [-0.1, -0.05) is 55.9 Å². The van der Waals surface area contributed by atoms with Crippen LogP contribution in [0.4, 0.5) is 5.82 Å². The van der Waals surface area contributed by atoms with Crippen molar-refractivity contribution in [1.82, 2.24) is 30.2 Å². The third-order valence-corrected chi connectivity index (χ3v) is 12.1. The first-order chi connectivity index (χ1) is 27.0. The molecule has 1 aliphatic heterocycles. The van der Waals surface area contributed by atoms with Crippen LogP contribution in [0.1, 0.15) is 38.2 Å². The zero-order chi connectivity index (χ0) is 43.1. The number of hydrogen-bond donors (Lipinski definition) is 10. The molecule has 2 aromatic heterocycles. The number of thioether (sulfide) groups is 1. The highest BCUT2D eigenvalue weighted by Crippen LogP contribution is 2.61. The Bertz CT molecular complexity index is 2060. The number of aromatic nitrogens is 4. The van der Waals surface area contributed by atoms with Gasteiger partial charge in [-0.3, -0.25) is 32.5 Å². The number of nitrogens with zero attached hydrogens (tertiary/aromatic N) is 4. The van der Waals surface area contributed by atoms with E-state index in [1.165, 1.54) is 13.8 Å². The molecule has 1 fully saturated rings. The number of ether oxygens (including phenoxy) is 1. The van der Waals surface area contributed by atoms with E-state index in [0.717, 1.165) is 29.0 Å². The SMILES string of the molecule is CC(C)(COP(=O)(O)OP(=O)(O)OCC1OC(n2cnc3c(N)ncnc32)C(O)C1OP(=O)(O)O)C(O)C(=O)NCCC(=O)NCCSC(=O)C(O)c1ccccc1. The molecular weight excluding hydrogens is 859 g/mol. The van der Waals surface area contributed by atoms with Crippen molar-refractivity contribution in [1.29, 1.82) is 0 Å². The average Bonchev–Trinajstić information content (AvgIpc) is 3.71. The van der Waals surface area contributed by atoms with E-state index < -0.39 is 95.8 Å². The van der Waals surface area contributed by atoms with Gasteiger partial charge in [0.15, 0.2) is 17.7 Å². The molecule has 322 valence electrons. The lowest BCUT2D eigenvalue weighted by molar-refractivity contribution is -0.137. The van der Waals surface area contributed by atoms with Crippen LogP contribution < -0.4 is 16.4 Å². The predicted molar refractivity (Wildman–Crippen MR) is 198 cm³/mol. The lowest BCUT2D eigenvalue weighted by Crippen LogP contribution is -2.46. The molecule has 8 unspecified atom stereocenters. The highest BCUT2D eigenvalue weighted by Gasteiger charge is 2.50. The van der Waals surface area contributed by atoms with Crippen molar-refractivity contribution in [2.24, 2.45) is 5.41 Å². The topological polar surface area (TPSA) is 384 Å². The van der Waals surface area contributed by atoms with Gasteiger partial charge in [-0.2, -0.15) is 4.31 Å². The van der Waals surface area contributed by atoms with Crippen molar-refractivity contribution in [2.45, 2.75) is 57.0 Å². The summed E-state index contributed by atoms with van der Waals surface area (Å²) in [5.74, 6) is -1.40. The van der Waals surface area contributed by atoms with E-state index in [-0.39, 0.29) is 42.2 Å². The first-order valence-corrected chi connectivity index (χ1v) is 22.3. The van der Waals surface area contributed by atoms with Crippen LogP contribution in [0, 0.1) is 5.41 Å². The molecule has 0 radical (unpaired) electrons. The number of imidazole rings is 1. The zero-order valence-electron chi connectivity index (χ0n) is 30.5. The third kappa shape index (κ3) is 13.4. The van der Waals surface area contributed by atoms with Gasteiger partial charge in [0.2, 0.25) is 16.9 Å². The normalized spacial score (nSPS) is 21.8. The molecule has 0 aliphatic carbocycles. The van der Waals surface area contributed by atoms with Crippen LogP contribution in [-0.2, 0) is 50.7 Å². The number of carbonyl (C=O) groups excluding carboxylic acids is 3. The fourth-order valence-corrected chi connectivity index (χ4v) is 8.66. The van der Waals surface area contributed by atoms with E-state index in [2.05, 4.69) is 34.4 Å². The number of aliphatic hydroxyl groups excluding tert-OH is 3. The van der Waals surface area contributed by atoms with Gasteiger partial charge in [0.05, 0.1) is 19.5 Å². The molecule has 3 heterocycles. The van der Waals surface area contributed by atoms with Crippen molar-refractivity contribution in [3.63, 3.8) is 0 Å². The van der Waals surface area contributed by atoms with Crippen LogP contribution in [0.25, 0.3) is 11.2 Å². The standard InChI is InChI=1S/C29H42N7O18P3S/c1-29(2,23(40)26(41)32-9-8-18(37)31-10-11-58-28(42)20(38)16-6-4-3-5-7-16)13-51-57(48,49)54-56(46,47)50-12-17-22(53-55(43,44)45)21(39)27(52-17)36-15-35-19-24(30)33-14-34-25(19)36/h3-7,14-15,17,20-23,27,38-40H,8-13H2,1-2H3,(H,31,37)(H,32,41)(H,46,47)(H,48,49)(H2,30,33,34)(H2,43,44,45). The maximum Gasteiger partial charge on any atom is 0.481 e. The number of nitrogens with two attached hydrogens (primary N) is 1. The summed E-state index contributed by atoms with van der Waals surface area (Å²) >= 11 is 0.823. The van der Waals surface area contributed by atoms with Crippen molar-refractivity contribution < 1.29 is 85.6 Å². The van der Waals surface area contributed by atoms with E-state index in [1.807, 2.05) is 0 Å². The Morgan fingerprint density at radius 1 is 1.00 bits per heavy atom. The quantitative estimate of drug-likeness (QED) is 0.0471. The Morgan fingerprint density at radius 2 is 1.67 bits per heavy atom. The largest absolute Gasteiger partial charge is 0.481 e. The molecule has 29 heteroatoms. The predicted octanol–water partition coefficient (Wildman–Crippen LogP) is -0.602. The Kier molecular flexibility index (Phi) is 16.2. The summed E-state index contributed by atoms with van der Waals surface area (Å²) in [7, 11) is -16.4. The number of carbonyl (C=O) groups is 3. The molecule has 58 heavy (non-hydrogen) atoms. The number of nitrogen functional groups attached to an aromatic ring is 1. The molecule has 25 nitrogen and oxygen atoms in total. The Hall–Kier alpha value is -3.26. The summed E-state index contributed by atoms with van der Waals surface area (Å²) in [6.07, 6.45) is -8.37. The van der Waals surface area contributed by atoms with Crippen molar-refractivity contribution in [3.05, 3.63) is 48.5 Å². The smallest absolute Gasteiger partial charge is 0.386 e. The number of fused-ring (bicyclic) bond motifs is 1. The number of anilines is 1. The fraction of sp³-hybridized carbons (Fsp3) is 0.517. The minimum absolute atomic E-state index is 0.0235. The monoisotopic (exact) mass is 901 g/mol. The summed E-state index contributed by atoms with van der Waals surface area (Å²) in [5.41, 5.74) is 4.65. The van der Waals surface area contributed by atoms with E-state index in [9.17, 15) is 63.0 Å². The molecule has 2 amide bonds. The number of phosphoric ester groups is 3. The second kappa shape index (κ2) is 19.9. The van der Waals surface area contributed by atoms with Crippen LogP contribution in [0.2, 0.25) is 0 Å². The van der Waals surface area contributed by atoms with Crippen molar-refractivity contribution in [2.75, 3.05) is 37.8 Å². The summed E-state index contributed by atoms with van der Waals surface area (Å²) in [6.45, 7) is 0.250. The molecular formula is C29H42N7O18P3S. The second-order valence-corrected chi connectivity index (χ2v) is 18.4. The molecule has 8 atom stereocenters. The molecule has 1 aromatic carbocycles. The third-order valence-electron chi connectivity index (χ3n) is 8.08. The van der Waals surface area contributed by atoms with Crippen LogP contribution in [0.15, 0.2) is 43.0 Å². The van der Waals surface area contributed by atoms with Gasteiger partial charge in [-0.25, -0.2) is 28.6 Å². The van der Waals surface area contributed by atoms with E-state index in [1.54, 1.807) is 30.3 Å². The summed E-state index contributed by atoms with van der Waals surface area (Å²) < 4.78 is 62.1. The fourth-order valence-electron chi connectivity index (χ4n) is 5.13. The van der Waals surface area contributed by atoms with Gasteiger partial charge in [-0.05, 0) is 5.56 Å². The van der Waals surface area contributed by atoms with Crippen LogP contribution in [0.5, 0.6) is 0 Å². The maximum absolute atomic E-state index is 12.7. The Labute approximate surface area is 333 Å². The van der Waals surface area contributed by atoms with Crippen molar-refractivity contribution >= 4 is 69.1 Å². The minimum atomic E-state index is -5.59. The average molecular weight is 902 g/mol. The van der Waals surface area contributed by atoms with E-state index >= 15 is 0 Å². The lowest BCUT2D eigenvalue weighted by atomic mass is 9.87. The van der Waals surface area contributed by atoms with E-state index in [0.29, 0.717) is 5.56 Å². The van der Waals surface area contributed by atoms with Gasteiger partial charge in [0.25, 0.3) is 0 Å². The number of hydrogen-bond acceptors (Lipinski definition) is 19. The number of rotatable bonds is 21. The highest BCUT2D eigenvalue weighted by molar-refractivity contribution is 8.13. The van der Waals surface area contributed by atoms with Crippen LogP contribution >= 0.6 is 35.2 Å². The molecule has 3 aromatic rings. The van der Waals surface area contributed by atoms with Gasteiger partial charge in [0.1, 0.15) is 42.4 Å². The van der Waals surface area contributed by atoms with Gasteiger partial charge in [-0.15, -0.1) is 0 Å². The van der Waals surface area contributed by atoms with Gasteiger partial charge in [0, 0.05) is 30.7 Å². The summed E-state index contributed by atoms with van der Waals surface area (Å²) in [5, 5.41) is 35.9. The van der Waals surface area contributed by atoms with Gasteiger partial charge < -0.3 is 56.0 Å². The number of phosphoric acid groups is 3. The number of nitrogens with one attached hydrogen (secondary N) is 2. The number of benzene rings is 1. The molecule has 4 rings (SSSR count). The Balaban J connectivity index is 1.22. The molecule has 0 saturated carbocycles. The van der Waals surface area contributed by atoms with Crippen LogP contribution in [-0.4, -0.2) is 128 Å². The minimum Gasteiger partial charge on any atom is -0.386 e. The summed E-state index contributed by atoms with van der Waals surface area (Å²) in [6, 6.07) is 8.29. The first-order valence-electron chi connectivity index (χ1n) is 16.8. The lowest BCUT2D eigenvalue weighted by Gasteiger charge is -2.30. The molecule has 0 spiro atoms. The van der Waals surface area contributed by atoms with Crippen LogP contribution in [0.3, 0.4) is 0 Å². The van der Waals surface area contributed by atoms with E-state index in [4.69, 9.17) is 19.5 Å². The second-order valence-electron chi connectivity index (χ2n) is 13.1. The molecule has 0 bridgehead atoms. The molecule has 11 N–H and O–H groups in total. The maximum atomic E-state index is 12.7. The van der Waals surface area contributed by atoms with Gasteiger partial charge >= 0.3 is 23.5 Å². The zero-order valence-corrected chi connectivity index (χ0v) is 34.0. The first kappa shape index (κ1) is 47.4. The van der Waals surface area contributed by atoms with Crippen molar-refractivity contribution in [3.8, 4) is 0 Å². The number of amides is 2. The summed E-state index contributed by atoms with van der Waals surface area (Å²) in [4.78, 5) is 87.8. The highest BCUT2D eigenvalue weighted by atomic mass is 32.2. The number of aliphatic hydroxyl groups is 3. The molecule has 1 aliphatic rings. The Morgan fingerprint density at radius 3 is 2.34 bits per heavy atom. The molecule has 1 saturated heterocycles.